The molecule has 0 amide bonds. The Kier molecular flexibility index (Phi) is 5.57. The summed E-state index contributed by atoms with van der Waals surface area (Å²) in [7, 11) is 0. The summed E-state index contributed by atoms with van der Waals surface area (Å²) < 4.78 is 1.86. The van der Waals surface area contributed by atoms with Crippen LogP contribution >= 0.6 is 11.6 Å². The lowest BCUT2D eigenvalue weighted by molar-refractivity contribution is 0.487. The molecule has 0 bridgehead atoms. The van der Waals surface area contributed by atoms with E-state index in [0.717, 1.165) is 29.5 Å². The van der Waals surface area contributed by atoms with Crippen molar-refractivity contribution < 1.29 is 0 Å². The van der Waals surface area contributed by atoms with Crippen molar-refractivity contribution in [1.82, 2.24) is 14.8 Å². The smallest absolute Gasteiger partial charge is 0.101 e. The molecule has 0 aliphatic carbocycles. The van der Waals surface area contributed by atoms with Crippen LogP contribution in [0.1, 0.15) is 17.5 Å². The first-order valence-corrected chi connectivity index (χ1v) is 9.82. The van der Waals surface area contributed by atoms with Crippen LogP contribution in [0.5, 0.6) is 0 Å². The SMILES string of the molecule is N#Cc1ccc(-c2ccn(C[C@H](N)CCc3ccc4cnccc4c3)n2)cc1Cl. The van der Waals surface area contributed by atoms with Gasteiger partial charge in [-0.05, 0) is 48.1 Å². The first kappa shape index (κ1) is 19.1. The quantitative estimate of drug-likeness (QED) is 0.512. The monoisotopic (exact) mass is 401 g/mol. The maximum absolute atomic E-state index is 9.00. The molecule has 4 rings (SSSR count). The minimum Gasteiger partial charge on any atom is -0.326 e. The lowest BCUT2D eigenvalue weighted by atomic mass is 10.0. The van der Waals surface area contributed by atoms with Gasteiger partial charge in [0.2, 0.25) is 0 Å². The molecule has 0 saturated carbocycles. The van der Waals surface area contributed by atoms with Crippen molar-refractivity contribution in [2.45, 2.75) is 25.4 Å². The number of rotatable bonds is 6. The summed E-state index contributed by atoms with van der Waals surface area (Å²) in [6, 6.07) is 17.8. The van der Waals surface area contributed by atoms with Gasteiger partial charge in [-0.2, -0.15) is 10.4 Å². The van der Waals surface area contributed by atoms with Crippen LogP contribution < -0.4 is 5.73 Å². The molecule has 2 aromatic heterocycles. The van der Waals surface area contributed by atoms with Gasteiger partial charge in [-0.3, -0.25) is 9.67 Å². The van der Waals surface area contributed by atoms with Crippen molar-refractivity contribution in [2.75, 3.05) is 0 Å². The predicted octanol–water partition coefficient (Wildman–Crippen LogP) is 4.58. The van der Waals surface area contributed by atoms with Crippen LogP contribution in [0.3, 0.4) is 0 Å². The Labute approximate surface area is 174 Å². The van der Waals surface area contributed by atoms with E-state index in [4.69, 9.17) is 22.6 Å². The maximum Gasteiger partial charge on any atom is 0.101 e. The largest absolute Gasteiger partial charge is 0.326 e. The predicted molar refractivity (Wildman–Crippen MR) is 115 cm³/mol. The number of aryl methyl sites for hydroxylation is 1. The van der Waals surface area contributed by atoms with E-state index in [-0.39, 0.29) is 6.04 Å². The van der Waals surface area contributed by atoms with Crippen LogP contribution in [0.15, 0.2) is 67.1 Å². The van der Waals surface area contributed by atoms with E-state index in [9.17, 15) is 0 Å². The van der Waals surface area contributed by atoms with E-state index >= 15 is 0 Å². The fraction of sp³-hybridized carbons (Fsp3) is 0.174. The molecular formula is C23H20ClN5. The van der Waals surface area contributed by atoms with Gasteiger partial charge < -0.3 is 5.73 Å². The first-order chi connectivity index (χ1) is 14.1. The molecule has 0 aliphatic heterocycles. The highest BCUT2D eigenvalue weighted by molar-refractivity contribution is 6.32. The van der Waals surface area contributed by atoms with Gasteiger partial charge in [-0.15, -0.1) is 0 Å². The second kappa shape index (κ2) is 8.44. The Morgan fingerprint density at radius 3 is 2.83 bits per heavy atom. The first-order valence-electron chi connectivity index (χ1n) is 9.44. The second-order valence-electron chi connectivity index (χ2n) is 7.09. The van der Waals surface area contributed by atoms with Crippen LogP contribution in [0, 0.1) is 11.3 Å². The molecule has 2 N–H and O–H groups in total. The lowest BCUT2D eigenvalue weighted by Crippen LogP contribution is -2.27. The Morgan fingerprint density at radius 1 is 1.10 bits per heavy atom. The van der Waals surface area contributed by atoms with Crippen LogP contribution in [-0.4, -0.2) is 20.8 Å². The van der Waals surface area contributed by atoms with Crippen molar-refractivity contribution in [1.29, 1.82) is 5.26 Å². The molecule has 0 fully saturated rings. The third-order valence-electron chi connectivity index (χ3n) is 4.96. The number of pyridine rings is 1. The Hall–Kier alpha value is -3.20. The molecule has 0 aliphatic rings. The molecule has 29 heavy (non-hydrogen) atoms. The van der Waals surface area contributed by atoms with Crippen LogP contribution in [0.4, 0.5) is 0 Å². The maximum atomic E-state index is 9.00. The molecule has 5 nitrogen and oxygen atoms in total. The standard InChI is InChI=1S/C23H20ClN5/c24-22-12-18(4-5-19(22)13-25)23-8-10-29(28-23)15-21(26)6-2-16-1-3-20-14-27-9-7-17(20)11-16/h1,3-5,7-12,14,21H,2,6,15,26H2/t21-/m1/s1. The van der Waals surface area contributed by atoms with Gasteiger partial charge in [0.15, 0.2) is 0 Å². The van der Waals surface area contributed by atoms with Crippen LogP contribution in [0.2, 0.25) is 5.02 Å². The molecule has 144 valence electrons. The molecule has 0 radical (unpaired) electrons. The zero-order valence-electron chi connectivity index (χ0n) is 15.8. The molecule has 1 atom stereocenters. The second-order valence-corrected chi connectivity index (χ2v) is 7.49. The molecule has 0 saturated heterocycles. The highest BCUT2D eigenvalue weighted by atomic mass is 35.5. The van der Waals surface area contributed by atoms with E-state index < -0.39 is 0 Å². The Bertz CT molecular complexity index is 1190. The number of fused-ring (bicyclic) bond motifs is 1. The van der Waals surface area contributed by atoms with Crippen LogP contribution in [0.25, 0.3) is 22.0 Å². The van der Waals surface area contributed by atoms with E-state index in [0.29, 0.717) is 17.1 Å². The minimum atomic E-state index is 0.000407. The highest BCUT2D eigenvalue weighted by Gasteiger charge is 2.09. The Balaban J connectivity index is 1.38. The number of nitrogens with two attached hydrogens (primary N) is 1. The van der Waals surface area contributed by atoms with Gasteiger partial charge in [-0.1, -0.05) is 35.9 Å². The summed E-state index contributed by atoms with van der Waals surface area (Å²) in [5, 5.41) is 16.4. The number of nitrogens with zero attached hydrogens (tertiary/aromatic N) is 4. The average molecular weight is 402 g/mol. The molecule has 0 spiro atoms. The zero-order chi connectivity index (χ0) is 20.2. The summed E-state index contributed by atoms with van der Waals surface area (Å²) in [6.45, 7) is 0.640. The lowest BCUT2D eigenvalue weighted by Gasteiger charge is -2.12. The summed E-state index contributed by atoms with van der Waals surface area (Å²) in [4.78, 5) is 4.15. The number of halogens is 1. The van der Waals surface area contributed by atoms with Gasteiger partial charge in [0.25, 0.3) is 0 Å². The normalized spacial score (nSPS) is 12.0. The van der Waals surface area contributed by atoms with Gasteiger partial charge in [0.1, 0.15) is 6.07 Å². The Morgan fingerprint density at radius 2 is 2.00 bits per heavy atom. The molecule has 4 aromatic rings. The molecule has 2 heterocycles. The van der Waals surface area contributed by atoms with Crippen molar-refractivity contribution in [3.05, 3.63) is 83.3 Å². The number of nitriles is 1. The highest BCUT2D eigenvalue weighted by Crippen LogP contribution is 2.24. The molecular weight excluding hydrogens is 382 g/mol. The van der Waals surface area contributed by atoms with Gasteiger partial charge in [0, 0.05) is 35.6 Å². The fourth-order valence-corrected chi connectivity index (χ4v) is 3.58. The summed E-state index contributed by atoms with van der Waals surface area (Å²) in [6.07, 6.45) is 7.40. The van der Waals surface area contributed by atoms with E-state index in [1.165, 1.54) is 10.9 Å². The van der Waals surface area contributed by atoms with Crippen molar-refractivity contribution >= 4 is 22.4 Å². The van der Waals surface area contributed by atoms with Gasteiger partial charge in [-0.25, -0.2) is 0 Å². The van der Waals surface area contributed by atoms with Gasteiger partial charge in [0.05, 0.1) is 22.8 Å². The number of hydrogen-bond donors (Lipinski definition) is 1. The van der Waals surface area contributed by atoms with Crippen molar-refractivity contribution in [2.24, 2.45) is 5.73 Å². The summed E-state index contributed by atoms with van der Waals surface area (Å²) >= 11 is 6.13. The molecule has 2 aromatic carbocycles. The molecule has 6 heteroatoms. The molecule has 0 unspecified atom stereocenters. The van der Waals surface area contributed by atoms with Crippen molar-refractivity contribution in [3.63, 3.8) is 0 Å². The van der Waals surface area contributed by atoms with Crippen molar-refractivity contribution in [3.8, 4) is 17.3 Å². The van der Waals surface area contributed by atoms with E-state index in [1.807, 2.05) is 41.5 Å². The summed E-state index contributed by atoms with van der Waals surface area (Å²) in [5.41, 5.74) is 9.77. The topological polar surface area (TPSA) is 80.5 Å². The van der Waals surface area contributed by atoms with Crippen LogP contribution in [-0.2, 0) is 13.0 Å². The van der Waals surface area contributed by atoms with E-state index in [2.05, 4.69) is 34.4 Å². The summed E-state index contributed by atoms with van der Waals surface area (Å²) in [5.74, 6) is 0. The zero-order valence-corrected chi connectivity index (χ0v) is 16.5. The third kappa shape index (κ3) is 4.45. The number of aromatic nitrogens is 3. The third-order valence-corrected chi connectivity index (χ3v) is 5.27. The number of hydrogen-bond acceptors (Lipinski definition) is 4. The number of benzene rings is 2. The van der Waals surface area contributed by atoms with Gasteiger partial charge >= 0.3 is 0 Å². The minimum absolute atomic E-state index is 0.000407. The fourth-order valence-electron chi connectivity index (χ4n) is 3.35. The van der Waals surface area contributed by atoms with E-state index in [1.54, 1.807) is 12.1 Å². The average Bonchev–Trinajstić information content (AvgIpc) is 3.20.